The lowest BCUT2D eigenvalue weighted by Gasteiger charge is -2.02. The van der Waals surface area contributed by atoms with Gasteiger partial charge in [0.1, 0.15) is 4.21 Å². The van der Waals surface area contributed by atoms with Crippen molar-refractivity contribution < 1.29 is 10.0 Å². The van der Waals surface area contributed by atoms with Gasteiger partial charge in [-0.1, -0.05) is 29.8 Å². The normalized spacial score (nSPS) is 12.3. The van der Waals surface area contributed by atoms with Gasteiger partial charge >= 0.3 is 0 Å². The second-order valence-corrected chi connectivity index (χ2v) is 6.87. The van der Waals surface area contributed by atoms with Gasteiger partial charge in [0, 0.05) is 21.7 Å². The van der Waals surface area contributed by atoms with Crippen molar-refractivity contribution in [3.63, 3.8) is 0 Å². The summed E-state index contributed by atoms with van der Waals surface area (Å²) in [5, 5.41) is 21.2. The van der Waals surface area contributed by atoms with Gasteiger partial charge in [-0.25, -0.2) is 0 Å². The fourth-order valence-corrected chi connectivity index (χ4v) is 4.17. The lowest BCUT2D eigenvalue weighted by Crippen LogP contribution is -1.88. The molecule has 4 nitrogen and oxygen atoms in total. The lowest BCUT2D eigenvalue weighted by atomic mass is 10.2. The van der Waals surface area contributed by atoms with E-state index < -0.39 is 11.0 Å². The molecule has 0 spiro atoms. The number of thioether (sulfide) groups is 1. The maximum atomic E-state index is 11.0. The van der Waals surface area contributed by atoms with Crippen molar-refractivity contribution >= 4 is 40.4 Å². The molecule has 0 bridgehead atoms. The van der Waals surface area contributed by atoms with Crippen LogP contribution < -0.4 is 0 Å². The first-order valence-corrected chi connectivity index (χ1v) is 7.99. The topological polar surface area (TPSA) is 63.4 Å². The number of hydrogen-bond acceptors (Lipinski definition) is 5. The third-order valence-electron chi connectivity index (χ3n) is 2.62. The third kappa shape index (κ3) is 3.52. The second-order valence-electron chi connectivity index (χ2n) is 4.13. The van der Waals surface area contributed by atoms with E-state index in [0.29, 0.717) is 19.9 Å². The number of halogens is 1. The van der Waals surface area contributed by atoms with E-state index in [1.54, 1.807) is 13.0 Å². The van der Waals surface area contributed by atoms with Crippen molar-refractivity contribution in [3.05, 3.63) is 55.9 Å². The maximum absolute atomic E-state index is 11.0. The lowest BCUT2D eigenvalue weighted by molar-refractivity contribution is -0.387. The first kappa shape index (κ1) is 15.3. The van der Waals surface area contributed by atoms with E-state index in [9.17, 15) is 15.2 Å². The van der Waals surface area contributed by atoms with E-state index in [1.165, 1.54) is 29.2 Å². The summed E-state index contributed by atoms with van der Waals surface area (Å²) >= 11 is 8.68. The maximum Gasteiger partial charge on any atom is 0.294 e. The van der Waals surface area contributed by atoms with Crippen molar-refractivity contribution in [2.45, 2.75) is 23.0 Å². The smallest absolute Gasteiger partial charge is 0.294 e. The summed E-state index contributed by atoms with van der Waals surface area (Å²) in [5.41, 5.74) is 0.975. The Morgan fingerprint density at radius 2 is 2.20 bits per heavy atom. The Morgan fingerprint density at radius 3 is 2.80 bits per heavy atom. The van der Waals surface area contributed by atoms with Crippen LogP contribution in [-0.4, -0.2) is 10.0 Å². The molecule has 20 heavy (non-hydrogen) atoms. The van der Waals surface area contributed by atoms with Gasteiger partial charge in [0.25, 0.3) is 5.69 Å². The van der Waals surface area contributed by atoms with E-state index in [0.717, 1.165) is 5.56 Å². The zero-order chi connectivity index (χ0) is 14.7. The Labute approximate surface area is 129 Å². The Morgan fingerprint density at radius 1 is 1.50 bits per heavy atom. The molecule has 0 aliphatic carbocycles. The Bertz CT molecular complexity index is 628. The summed E-state index contributed by atoms with van der Waals surface area (Å²) < 4.78 is 0.589. The number of nitro groups is 1. The van der Waals surface area contributed by atoms with E-state index in [4.69, 9.17) is 11.6 Å². The summed E-state index contributed by atoms with van der Waals surface area (Å²) in [4.78, 5) is 11.2. The number of nitrogens with zero attached hydrogens (tertiary/aromatic N) is 1. The molecule has 0 aliphatic heterocycles. The molecule has 0 saturated carbocycles. The fourth-order valence-electron chi connectivity index (χ4n) is 1.58. The van der Waals surface area contributed by atoms with Crippen molar-refractivity contribution in [1.82, 2.24) is 0 Å². The molecule has 0 saturated heterocycles. The quantitative estimate of drug-likeness (QED) is 0.492. The first-order chi connectivity index (χ1) is 9.49. The van der Waals surface area contributed by atoms with Crippen LogP contribution in [0.3, 0.4) is 0 Å². The first-order valence-electron chi connectivity index (χ1n) is 5.81. The molecule has 1 atom stereocenters. The molecule has 1 unspecified atom stereocenters. The highest BCUT2D eigenvalue weighted by molar-refractivity contribution is 8.00. The standard InChI is InChI=1S/C13H12ClNO3S2/c1-8(16)12-6-11(15(17)18)13(20-12)19-7-9-4-2-3-5-10(9)14/h2-6,8,16H,7H2,1H3. The van der Waals surface area contributed by atoms with Crippen LogP contribution in [0.1, 0.15) is 23.5 Å². The molecule has 0 aliphatic rings. The molecule has 106 valence electrons. The molecular weight excluding hydrogens is 318 g/mol. The molecule has 1 heterocycles. The van der Waals surface area contributed by atoms with Crippen LogP contribution in [0, 0.1) is 10.1 Å². The van der Waals surface area contributed by atoms with Gasteiger partial charge in [0.15, 0.2) is 0 Å². The molecule has 0 fully saturated rings. The Balaban J connectivity index is 2.20. The minimum Gasteiger partial charge on any atom is -0.388 e. The van der Waals surface area contributed by atoms with E-state index in [2.05, 4.69) is 0 Å². The van der Waals surface area contributed by atoms with Crippen LogP contribution in [0.5, 0.6) is 0 Å². The average molecular weight is 330 g/mol. The number of aliphatic hydroxyl groups is 1. The molecule has 1 N–H and O–H groups in total. The zero-order valence-electron chi connectivity index (χ0n) is 10.6. The molecule has 2 rings (SSSR count). The molecule has 1 aromatic heterocycles. The highest BCUT2D eigenvalue weighted by atomic mass is 35.5. The van der Waals surface area contributed by atoms with E-state index in [1.807, 2.05) is 18.2 Å². The van der Waals surface area contributed by atoms with Gasteiger partial charge in [-0.05, 0) is 18.6 Å². The average Bonchev–Trinajstić information content (AvgIpc) is 2.82. The number of benzene rings is 1. The number of hydrogen-bond donors (Lipinski definition) is 1. The van der Waals surface area contributed by atoms with Crippen LogP contribution >= 0.6 is 34.7 Å². The van der Waals surface area contributed by atoms with Gasteiger partial charge in [0.05, 0.1) is 11.0 Å². The summed E-state index contributed by atoms with van der Waals surface area (Å²) in [6.07, 6.45) is -0.701. The fraction of sp³-hybridized carbons (Fsp3) is 0.231. The summed E-state index contributed by atoms with van der Waals surface area (Å²) in [7, 11) is 0. The van der Waals surface area contributed by atoms with Crippen LogP contribution in [0.2, 0.25) is 5.02 Å². The van der Waals surface area contributed by atoms with Crippen LogP contribution in [0.4, 0.5) is 5.69 Å². The summed E-state index contributed by atoms with van der Waals surface area (Å²) in [6, 6.07) is 8.84. The Kier molecular flexibility index (Phi) is 5.04. The molecule has 7 heteroatoms. The Hall–Kier alpha value is -1.08. The minimum absolute atomic E-state index is 0.0444. The van der Waals surface area contributed by atoms with Gasteiger partial charge in [-0.15, -0.1) is 23.1 Å². The van der Waals surface area contributed by atoms with Crippen LogP contribution in [0.15, 0.2) is 34.5 Å². The molecular formula is C13H12ClNO3S2. The number of rotatable bonds is 5. The van der Waals surface area contributed by atoms with E-state index >= 15 is 0 Å². The predicted octanol–water partition coefficient (Wildman–Crippen LogP) is 4.66. The van der Waals surface area contributed by atoms with Crippen molar-refractivity contribution in [2.75, 3.05) is 0 Å². The predicted molar refractivity (Wildman–Crippen MR) is 82.6 cm³/mol. The van der Waals surface area contributed by atoms with Gasteiger partial charge in [-0.3, -0.25) is 10.1 Å². The molecule has 0 radical (unpaired) electrons. The van der Waals surface area contributed by atoms with E-state index in [-0.39, 0.29) is 5.69 Å². The van der Waals surface area contributed by atoms with Gasteiger partial charge < -0.3 is 5.11 Å². The zero-order valence-corrected chi connectivity index (χ0v) is 13.0. The highest BCUT2D eigenvalue weighted by Crippen LogP contribution is 2.41. The summed E-state index contributed by atoms with van der Waals surface area (Å²) in [5.74, 6) is 0.556. The summed E-state index contributed by atoms with van der Waals surface area (Å²) in [6.45, 7) is 1.60. The third-order valence-corrected chi connectivity index (χ3v) is 5.61. The van der Waals surface area contributed by atoms with Crippen molar-refractivity contribution in [1.29, 1.82) is 0 Å². The van der Waals surface area contributed by atoms with Gasteiger partial charge in [-0.2, -0.15) is 0 Å². The van der Waals surface area contributed by atoms with Crippen LogP contribution in [-0.2, 0) is 5.75 Å². The molecule has 0 amide bonds. The number of thiophene rings is 1. The minimum atomic E-state index is -0.701. The second kappa shape index (κ2) is 6.58. The monoisotopic (exact) mass is 329 g/mol. The number of aliphatic hydroxyl groups excluding tert-OH is 1. The van der Waals surface area contributed by atoms with Crippen molar-refractivity contribution in [3.8, 4) is 0 Å². The van der Waals surface area contributed by atoms with Crippen LogP contribution in [0.25, 0.3) is 0 Å². The van der Waals surface area contributed by atoms with Crippen molar-refractivity contribution in [2.24, 2.45) is 0 Å². The molecule has 1 aromatic carbocycles. The largest absolute Gasteiger partial charge is 0.388 e. The molecule has 2 aromatic rings. The highest BCUT2D eigenvalue weighted by Gasteiger charge is 2.21. The van der Waals surface area contributed by atoms with Gasteiger partial charge in [0.2, 0.25) is 0 Å². The SMILES string of the molecule is CC(O)c1cc([N+](=O)[O-])c(SCc2ccccc2Cl)s1.